The van der Waals surface area contributed by atoms with E-state index in [1.165, 1.54) is 0 Å². The third-order valence-corrected chi connectivity index (χ3v) is 5.11. The molecule has 2 unspecified atom stereocenters. The van der Waals surface area contributed by atoms with Crippen molar-refractivity contribution in [2.75, 3.05) is 24.6 Å². The molecular formula is C12H25ClN2O3S. The van der Waals surface area contributed by atoms with E-state index in [-0.39, 0.29) is 41.8 Å². The summed E-state index contributed by atoms with van der Waals surface area (Å²) in [6.45, 7) is 6.76. The van der Waals surface area contributed by atoms with E-state index in [1.54, 1.807) is 4.90 Å². The first-order valence-corrected chi connectivity index (χ1v) is 8.27. The smallest absolute Gasteiger partial charge is 0.238 e. The Balaban J connectivity index is 0.00000324. The van der Waals surface area contributed by atoms with Gasteiger partial charge in [0.2, 0.25) is 5.91 Å². The van der Waals surface area contributed by atoms with Gasteiger partial charge < -0.3 is 10.6 Å². The minimum absolute atomic E-state index is 0. The van der Waals surface area contributed by atoms with Gasteiger partial charge in [-0.25, -0.2) is 8.42 Å². The van der Waals surface area contributed by atoms with Crippen LogP contribution in [0.5, 0.6) is 0 Å². The van der Waals surface area contributed by atoms with Crippen LogP contribution in [0.3, 0.4) is 0 Å². The molecule has 0 radical (unpaired) electrons. The summed E-state index contributed by atoms with van der Waals surface area (Å²) in [5.41, 5.74) is 5.60. The largest absolute Gasteiger partial charge is 0.339 e. The molecule has 7 heteroatoms. The molecule has 1 aliphatic heterocycles. The molecule has 0 aliphatic carbocycles. The molecule has 19 heavy (non-hydrogen) atoms. The molecular weight excluding hydrogens is 288 g/mol. The van der Waals surface area contributed by atoms with Crippen molar-refractivity contribution in [3.8, 4) is 0 Å². The van der Waals surface area contributed by atoms with Gasteiger partial charge in [-0.1, -0.05) is 13.8 Å². The molecule has 2 N–H and O–H groups in total. The summed E-state index contributed by atoms with van der Waals surface area (Å²) in [5, 5.41) is 0. The summed E-state index contributed by atoms with van der Waals surface area (Å²) in [5.74, 6) is -0.222. The molecule has 5 nitrogen and oxygen atoms in total. The maximum absolute atomic E-state index is 12.0. The maximum atomic E-state index is 12.0. The lowest BCUT2D eigenvalue weighted by Crippen LogP contribution is -2.39. The van der Waals surface area contributed by atoms with Gasteiger partial charge in [0.1, 0.15) is 5.75 Å². The third kappa shape index (κ3) is 5.67. The minimum Gasteiger partial charge on any atom is -0.339 e. The molecule has 1 amide bonds. The Hall–Kier alpha value is -0.330. The van der Waals surface area contributed by atoms with Crippen LogP contribution in [-0.2, 0) is 14.6 Å². The predicted molar refractivity (Wildman–Crippen MR) is 79.1 cm³/mol. The number of carbonyl (C=O) groups is 1. The number of likely N-dealkylation sites (tertiary alicyclic amines) is 1. The highest BCUT2D eigenvalue weighted by atomic mass is 35.5. The van der Waals surface area contributed by atoms with Crippen LogP contribution in [0.15, 0.2) is 0 Å². The summed E-state index contributed by atoms with van der Waals surface area (Å²) >= 11 is 0. The quantitative estimate of drug-likeness (QED) is 0.809. The van der Waals surface area contributed by atoms with Gasteiger partial charge >= 0.3 is 0 Å². The molecule has 1 fully saturated rings. The maximum Gasteiger partial charge on any atom is 0.238 e. The van der Waals surface area contributed by atoms with Crippen molar-refractivity contribution in [2.45, 2.75) is 33.2 Å². The van der Waals surface area contributed by atoms with E-state index in [4.69, 9.17) is 5.73 Å². The van der Waals surface area contributed by atoms with Gasteiger partial charge in [0, 0.05) is 12.6 Å². The van der Waals surface area contributed by atoms with E-state index in [2.05, 4.69) is 0 Å². The monoisotopic (exact) mass is 312 g/mol. The molecule has 0 aromatic carbocycles. The number of hydrogen-bond donors (Lipinski definition) is 1. The summed E-state index contributed by atoms with van der Waals surface area (Å²) < 4.78 is 23.6. The normalized spacial score (nSPS) is 23.5. The Morgan fingerprint density at radius 2 is 2.00 bits per heavy atom. The number of nitrogens with two attached hydrogens (primary N) is 1. The lowest BCUT2D eigenvalue weighted by molar-refractivity contribution is -0.129. The SMILES string of the molecule is CC(C)CS(=O)(=O)CC(=O)N1CC(CN)CC1C.Cl. The molecule has 0 spiro atoms. The van der Waals surface area contributed by atoms with Crippen molar-refractivity contribution in [3.05, 3.63) is 0 Å². The second-order valence-electron chi connectivity index (χ2n) is 5.68. The number of hydrogen-bond acceptors (Lipinski definition) is 4. The summed E-state index contributed by atoms with van der Waals surface area (Å²) in [6.07, 6.45) is 0.868. The van der Waals surface area contributed by atoms with Crippen LogP contribution >= 0.6 is 12.4 Å². The van der Waals surface area contributed by atoms with E-state index >= 15 is 0 Å². The van der Waals surface area contributed by atoms with Crippen LogP contribution < -0.4 is 5.73 Å². The molecule has 1 rings (SSSR count). The molecule has 1 aliphatic rings. The molecule has 0 aromatic heterocycles. The van der Waals surface area contributed by atoms with E-state index in [0.717, 1.165) is 6.42 Å². The van der Waals surface area contributed by atoms with Crippen LogP contribution in [0, 0.1) is 11.8 Å². The van der Waals surface area contributed by atoms with Crippen LogP contribution in [0.2, 0.25) is 0 Å². The van der Waals surface area contributed by atoms with Crippen LogP contribution in [-0.4, -0.2) is 49.9 Å². The predicted octanol–water partition coefficient (Wildman–Crippen LogP) is 0.675. The Kier molecular flexibility index (Phi) is 7.32. The van der Waals surface area contributed by atoms with Gasteiger partial charge in [-0.3, -0.25) is 4.79 Å². The van der Waals surface area contributed by atoms with E-state index in [9.17, 15) is 13.2 Å². The van der Waals surface area contributed by atoms with Gasteiger partial charge in [0.05, 0.1) is 5.75 Å². The lowest BCUT2D eigenvalue weighted by atomic mass is 10.1. The average molecular weight is 313 g/mol. The van der Waals surface area contributed by atoms with Crippen molar-refractivity contribution in [1.29, 1.82) is 0 Å². The second-order valence-corrected chi connectivity index (χ2v) is 7.79. The Morgan fingerprint density at radius 1 is 1.42 bits per heavy atom. The van der Waals surface area contributed by atoms with Gasteiger partial charge in [0.15, 0.2) is 9.84 Å². The zero-order chi connectivity index (χ0) is 13.9. The molecule has 0 saturated carbocycles. The molecule has 2 atom stereocenters. The van der Waals surface area contributed by atoms with Gasteiger partial charge in [-0.2, -0.15) is 0 Å². The number of halogens is 1. The zero-order valence-corrected chi connectivity index (χ0v) is 13.5. The van der Waals surface area contributed by atoms with Crippen molar-refractivity contribution in [2.24, 2.45) is 17.6 Å². The molecule has 0 bridgehead atoms. The fourth-order valence-corrected chi connectivity index (χ4v) is 4.17. The number of sulfone groups is 1. The van der Waals surface area contributed by atoms with Crippen LogP contribution in [0.1, 0.15) is 27.2 Å². The van der Waals surface area contributed by atoms with Crippen molar-refractivity contribution < 1.29 is 13.2 Å². The molecule has 1 heterocycles. The van der Waals surface area contributed by atoms with Crippen LogP contribution in [0.4, 0.5) is 0 Å². The van der Waals surface area contributed by atoms with E-state index in [1.807, 2.05) is 20.8 Å². The highest BCUT2D eigenvalue weighted by Crippen LogP contribution is 2.22. The molecule has 114 valence electrons. The highest BCUT2D eigenvalue weighted by molar-refractivity contribution is 7.92. The third-order valence-electron chi connectivity index (χ3n) is 3.25. The summed E-state index contributed by atoms with van der Waals surface area (Å²) in [4.78, 5) is 13.7. The Bertz CT molecular complexity index is 398. The second kappa shape index (κ2) is 7.45. The Labute approximate surface area is 122 Å². The number of amides is 1. The van der Waals surface area contributed by atoms with Crippen molar-refractivity contribution in [1.82, 2.24) is 4.90 Å². The van der Waals surface area contributed by atoms with Gasteiger partial charge in [0.25, 0.3) is 0 Å². The minimum atomic E-state index is -3.29. The first-order chi connectivity index (χ1) is 8.25. The summed E-state index contributed by atoms with van der Waals surface area (Å²) in [7, 11) is -3.29. The summed E-state index contributed by atoms with van der Waals surface area (Å²) in [6, 6.07) is 0.0975. The number of carbonyl (C=O) groups excluding carboxylic acids is 1. The van der Waals surface area contributed by atoms with E-state index in [0.29, 0.717) is 19.0 Å². The molecule has 1 saturated heterocycles. The first kappa shape index (κ1) is 18.7. The average Bonchev–Trinajstić information content (AvgIpc) is 2.56. The standard InChI is InChI=1S/C12H24N2O3S.ClH/c1-9(2)7-18(16,17)8-12(15)14-6-11(5-13)4-10(14)3;/h9-11H,4-8,13H2,1-3H3;1H. The lowest BCUT2D eigenvalue weighted by Gasteiger charge is -2.21. The Morgan fingerprint density at radius 3 is 2.42 bits per heavy atom. The highest BCUT2D eigenvalue weighted by Gasteiger charge is 2.33. The number of rotatable bonds is 5. The number of nitrogens with zero attached hydrogens (tertiary/aromatic N) is 1. The van der Waals surface area contributed by atoms with E-state index < -0.39 is 9.84 Å². The van der Waals surface area contributed by atoms with Gasteiger partial charge in [-0.15, -0.1) is 12.4 Å². The fourth-order valence-electron chi connectivity index (χ4n) is 2.50. The fraction of sp³-hybridized carbons (Fsp3) is 0.917. The van der Waals surface area contributed by atoms with Gasteiger partial charge in [-0.05, 0) is 31.7 Å². The molecule has 0 aromatic rings. The van der Waals surface area contributed by atoms with Crippen LogP contribution in [0.25, 0.3) is 0 Å². The topological polar surface area (TPSA) is 80.5 Å². The first-order valence-electron chi connectivity index (χ1n) is 6.45. The van der Waals surface area contributed by atoms with Crippen molar-refractivity contribution in [3.63, 3.8) is 0 Å². The zero-order valence-electron chi connectivity index (χ0n) is 11.8. The van der Waals surface area contributed by atoms with Crippen molar-refractivity contribution >= 4 is 28.2 Å².